The topological polar surface area (TPSA) is 24.7 Å². The van der Waals surface area contributed by atoms with E-state index in [2.05, 4.69) is 12.5 Å². The molecular formula is C14H20N2S4Sn. The van der Waals surface area contributed by atoms with Gasteiger partial charge in [-0.25, -0.2) is 0 Å². The van der Waals surface area contributed by atoms with Gasteiger partial charge in [-0.15, -0.1) is 0 Å². The number of thiocarbonyl (C=S) groups is 2. The van der Waals surface area contributed by atoms with Gasteiger partial charge in [0.15, 0.2) is 0 Å². The summed E-state index contributed by atoms with van der Waals surface area (Å²) in [7, 11) is 0. The van der Waals surface area contributed by atoms with E-state index in [4.69, 9.17) is 30.9 Å². The number of rotatable bonds is 4. The first-order chi connectivity index (χ1) is 10.2. The predicted octanol–water partition coefficient (Wildman–Crippen LogP) is 4.38. The van der Waals surface area contributed by atoms with Gasteiger partial charge in [0.05, 0.1) is 0 Å². The normalized spacial score (nSPS) is 29.4. The average Bonchev–Trinajstić information content (AvgIpc) is 3.15. The van der Waals surface area contributed by atoms with Gasteiger partial charge in [-0.1, -0.05) is 0 Å². The van der Waals surface area contributed by atoms with Crippen LogP contribution in [0.2, 0.25) is 0 Å². The van der Waals surface area contributed by atoms with Crippen molar-refractivity contribution in [1.82, 2.24) is 0 Å². The molecule has 2 atom stereocenters. The van der Waals surface area contributed by atoms with Crippen LogP contribution < -0.4 is 0 Å². The van der Waals surface area contributed by atoms with Crippen molar-refractivity contribution < 1.29 is 0 Å². The van der Waals surface area contributed by atoms with Crippen LogP contribution in [-0.4, -0.2) is 54.0 Å². The van der Waals surface area contributed by atoms with E-state index in [1.165, 1.54) is 37.1 Å². The molecule has 0 saturated heterocycles. The Labute approximate surface area is 157 Å². The summed E-state index contributed by atoms with van der Waals surface area (Å²) >= 11 is 13.3. The second-order valence-electron chi connectivity index (χ2n) is 5.24. The SMILES string of the molecule is CSC(=S)C1CCCC1=[N][Sn][N]=C1CCCC1C(=S)SC. The summed E-state index contributed by atoms with van der Waals surface area (Å²) in [4.78, 5) is 0. The number of hydrogen-bond acceptors (Lipinski definition) is 6. The van der Waals surface area contributed by atoms with Crippen LogP contribution in [0.3, 0.4) is 0 Å². The van der Waals surface area contributed by atoms with E-state index in [0.29, 0.717) is 11.8 Å². The molecule has 114 valence electrons. The zero-order chi connectivity index (χ0) is 15.2. The number of thioether (sulfide) groups is 2. The Kier molecular flexibility index (Phi) is 8.17. The first-order valence-electron chi connectivity index (χ1n) is 7.21. The zero-order valence-corrected chi connectivity index (χ0v) is 18.5. The Balaban J connectivity index is 1.98. The van der Waals surface area contributed by atoms with Crippen molar-refractivity contribution in [2.75, 3.05) is 12.5 Å². The van der Waals surface area contributed by atoms with E-state index in [-0.39, 0.29) is 0 Å². The van der Waals surface area contributed by atoms with Crippen LogP contribution in [0, 0.1) is 11.8 Å². The van der Waals surface area contributed by atoms with E-state index in [1.807, 2.05) is 0 Å². The van der Waals surface area contributed by atoms with Gasteiger partial charge < -0.3 is 0 Å². The van der Waals surface area contributed by atoms with E-state index in [9.17, 15) is 0 Å². The van der Waals surface area contributed by atoms with Crippen molar-refractivity contribution in [2.24, 2.45) is 18.3 Å². The van der Waals surface area contributed by atoms with E-state index in [0.717, 1.165) is 21.2 Å². The number of nitrogens with zero attached hydrogens (tertiary/aromatic N) is 2. The van der Waals surface area contributed by atoms with Crippen LogP contribution >= 0.6 is 48.0 Å². The maximum atomic E-state index is 5.46. The Morgan fingerprint density at radius 1 is 0.952 bits per heavy atom. The third kappa shape index (κ3) is 4.99. The van der Waals surface area contributed by atoms with Gasteiger partial charge in [-0.2, -0.15) is 0 Å². The third-order valence-corrected chi connectivity index (χ3v) is 9.17. The van der Waals surface area contributed by atoms with Crippen LogP contribution in [-0.2, 0) is 0 Å². The molecule has 2 saturated carbocycles. The molecule has 0 aromatic rings. The molecule has 7 heteroatoms. The fraction of sp³-hybridized carbons (Fsp3) is 0.714. The van der Waals surface area contributed by atoms with Crippen LogP contribution in [0.5, 0.6) is 0 Å². The first-order valence-corrected chi connectivity index (χ1v) is 13.0. The maximum absolute atomic E-state index is 5.46. The molecule has 2 nitrogen and oxygen atoms in total. The van der Waals surface area contributed by atoms with E-state index >= 15 is 0 Å². The average molecular weight is 463 g/mol. The fourth-order valence-corrected chi connectivity index (χ4v) is 6.86. The first kappa shape index (κ1) is 18.4. The molecule has 2 unspecified atom stereocenters. The summed E-state index contributed by atoms with van der Waals surface area (Å²) in [6, 6.07) is 0. The van der Waals surface area contributed by atoms with Crippen molar-refractivity contribution in [2.45, 2.75) is 38.5 Å². The number of hydrogen-bond donors (Lipinski definition) is 0. The van der Waals surface area contributed by atoms with Crippen molar-refractivity contribution in [1.29, 1.82) is 0 Å². The van der Waals surface area contributed by atoms with Crippen molar-refractivity contribution in [3.63, 3.8) is 0 Å². The Morgan fingerprint density at radius 3 is 1.76 bits per heavy atom. The van der Waals surface area contributed by atoms with Gasteiger partial charge in [-0.3, -0.25) is 0 Å². The molecule has 0 amide bonds. The van der Waals surface area contributed by atoms with Gasteiger partial charge in [-0.05, 0) is 0 Å². The molecule has 0 heterocycles. The van der Waals surface area contributed by atoms with Crippen LogP contribution in [0.15, 0.2) is 6.43 Å². The zero-order valence-electron chi connectivity index (χ0n) is 12.4. The van der Waals surface area contributed by atoms with E-state index < -0.39 is 21.7 Å². The molecule has 2 aliphatic rings. The summed E-state index contributed by atoms with van der Waals surface area (Å²) in [6.45, 7) is 0. The van der Waals surface area contributed by atoms with Crippen molar-refractivity contribution >= 4 is 89.5 Å². The molecule has 0 aliphatic heterocycles. The van der Waals surface area contributed by atoms with Gasteiger partial charge >= 0.3 is 159 Å². The Bertz CT molecular complexity index is 434. The predicted molar refractivity (Wildman–Crippen MR) is 108 cm³/mol. The second-order valence-corrected chi connectivity index (χ2v) is 10.2. The van der Waals surface area contributed by atoms with Crippen LogP contribution in [0.1, 0.15) is 38.5 Å². The summed E-state index contributed by atoms with van der Waals surface area (Å²) < 4.78 is 12.0. The third-order valence-electron chi connectivity index (χ3n) is 4.01. The minimum absolute atomic E-state index is 0.447. The molecule has 0 aromatic carbocycles. The monoisotopic (exact) mass is 464 g/mol. The summed E-state index contributed by atoms with van der Waals surface area (Å²) in [5.74, 6) is 0.894. The fourth-order valence-electron chi connectivity index (χ4n) is 2.87. The molecule has 21 heavy (non-hydrogen) atoms. The molecule has 2 rings (SSSR count). The van der Waals surface area contributed by atoms with E-state index in [1.54, 1.807) is 23.5 Å². The molecule has 2 fully saturated rings. The molecular weight excluding hydrogens is 443 g/mol. The molecule has 0 bridgehead atoms. The standard InChI is InChI=1S/2C7H10NS2.Sn/c2*1-10-7(9)5-3-2-4-6(5)8;/h2*5H,2-4H2,1H3;/q2*-1;+2. The van der Waals surface area contributed by atoms with Gasteiger partial charge in [0.1, 0.15) is 0 Å². The summed E-state index contributed by atoms with van der Waals surface area (Å²) in [6.07, 6.45) is 11.3. The minimum atomic E-state index is -1.05. The van der Waals surface area contributed by atoms with Gasteiger partial charge in [0.2, 0.25) is 0 Å². The summed E-state index contributed by atoms with van der Waals surface area (Å²) in [5.41, 5.74) is 2.68. The molecule has 0 aromatic heterocycles. The molecule has 0 N–H and O–H groups in total. The van der Waals surface area contributed by atoms with Crippen LogP contribution in [0.25, 0.3) is 0 Å². The summed E-state index contributed by atoms with van der Waals surface area (Å²) in [5, 5.41) is 0. The van der Waals surface area contributed by atoms with Crippen molar-refractivity contribution in [3.05, 3.63) is 0 Å². The Hall–Kier alpha value is 1.02. The van der Waals surface area contributed by atoms with Gasteiger partial charge in [0, 0.05) is 0 Å². The van der Waals surface area contributed by atoms with Gasteiger partial charge in [0.25, 0.3) is 0 Å². The Morgan fingerprint density at radius 2 is 1.38 bits per heavy atom. The molecule has 2 aliphatic carbocycles. The van der Waals surface area contributed by atoms with Crippen LogP contribution in [0.4, 0.5) is 0 Å². The molecule has 0 spiro atoms. The second kappa shape index (κ2) is 9.35. The quantitative estimate of drug-likeness (QED) is 0.457. The molecule has 2 radical (unpaired) electrons. The van der Waals surface area contributed by atoms with Crippen molar-refractivity contribution in [3.8, 4) is 0 Å².